The minimum absolute atomic E-state index is 0.347. The molecule has 6 heteroatoms. The molecule has 0 saturated heterocycles. The Morgan fingerprint density at radius 3 is 2.52 bits per heavy atom. The summed E-state index contributed by atoms with van der Waals surface area (Å²) in [6, 6.07) is 10.3. The minimum Gasteiger partial charge on any atom is -0.480 e. The molecule has 0 aliphatic rings. The number of para-hydroxylation sites is 2. The van der Waals surface area contributed by atoms with Crippen molar-refractivity contribution in [2.45, 2.75) is 13.3 Å². The number of hydrogen-bond acceptors (Lipinski definition) is 4. The third kappa shape index (κ3) is 3.41. The molecular formula is C15H16N2O3S. The first-order valence-corrected chi connectivity index (χ1v) is 7.31. The molecule has 0 aliphatic heterocycles. The first kappa shape index (κ1) is 15.1. The number of rotatable bonds is 5. The van der Waals surface area contributed by atoms with Crippen molar-refractivity contribution in [1.29, 1.82) is 0 Å². The van der Waals surface area contributed by atoms with Crippen molar-refractivity contribution >= 4 is 34.6 Å². The number of carbonyl (C=O) groups excluding carboxylic acids is 1. The maximum absolute atomic E-state index is 12.6. The first-order chi connectivity index (χ1) is 10.0. The van der Waals surface area contributed by atoms with Gasteiger partial charge in [-0.2, -0.15) is 0 Å². The Kier molecular flexibility index (Phi) is 4.59. The van der Waals surface area contributed by atoms with Crippen molar-refractivity contribution in [1.82, 2.24) is 0 Å². The fraction of sp³-hybridized carbons (Fsp3) is 0.200. The summed E-state index contributed by atoms with van der Waals surface area (Å²) < 4.78 is 0. The fourth-order valence-corrected chi connectivity index (χ4v) is 2.85. The van der Waals surface area contributed by atoms with E-state index in [1.54, 1.807) is 30.3 Å². The molecule has 0 spiro atoms. The van der Waals surface area contributed by atoms with Crippen LogP contribution in [-0.2, 0) is 11.2 Å². The quantitative estimate of drug-likeness (QED) is 0.832. The number of anilines is 2. The maximum atomic E-state index is 12.6. The first-order valence-electron chi connectivity index (χ1n) is 6.49. The van der Waals surface area contributed by atoms with Gasteiger partial charge >= 0.3 is 5.97 Å². The van der Waals surface area contributed by atoms with E-state index in [0.717, 1.165) is 11.3 Å². The minimum atomic E-state index is -1.08. The lowest BCUT2D eigenvalue weighted by atomic mass is 10.2. The van der Waals surface area contributed by atoms with Gasteiger partial charge in [-0.25, -0.2) is 0 Å². The Balaban J connectivity index is 2.38. The summed E-state index contributed by atoms with van der Waals surface area (Å²) in [6.45, 7) is 1.58. The van der Waals surface area contributed by atoms with E-state index in [0.29, 0.717) is 16.3 Å². The molecule has 110 valence electrons. The topological polar surface area (TPSA) is 83.6 Å². The second-order valence-corrected chi connectivity index (χ2v) is 5.63. The zero-order valence-electron chi connectivity index (χ0n) is 11.6. The van der Waals surface area contributed by atoms with Crippen LogP contribution in [0.15, 0.2) is 36.4 Å². The number of nitrogen functional groups attached to an aromatic ring is 1. The summed E-state index contributed by atoms with van der Waals surface area (Å²) >= 11 is 1.37. The van der Waals surface area contributed by atoms with Gasteiger partial charge in [0.05, 0.1) is 16.3 Å². The lowest BCUT2D eigenvalue weighted by Crippen LogP contribution is -2.35. The largest absolute Gasteiger partial charge is 0.480 e. The molecule has 0 aliphatic carbocycles. The van der Waals surface area contributed by atoms with Crippen LogP contribution in [-0.4, -0.2) is 23.5 Å². The Labute approximate surface area is 126 Å². The number of aryl methyl sites for hydroxylation is 1. The summed E-state index contributed by atoms with van der Waals surface area (Å²) in [7, 11) is 0. The highest BCUT2D eigenvalue weighted by molar-refractivity contribution is 7.14. The average Bonchev–Trinajstić information content (AvgIpc) is 2.93. The highest BCUT2D eigenvalue weighted by Gasteiger charge is 2.23. The molecule has 1 aromatic carbocycles. The molecule has 0 bridgehead atoms. The summed E-state index contributed by atoms with van der Waals surface area (Å²) in [5, 5.41) is 9.05. The van der Waals surface area contributed by atoms with Crippen molar-refractivity contribution in [2.75, 3.05) is 17.2 Å². The molecular weight excluding hydrogens is 288 g/mol. The third-order valence-corrected chi connectivity index (χ3v) is 4.20. The molecule has 0 atom stereocenters. The molecule has 21 heavy (non-hydrogen) atoms. The van der Waals surface area contributed by atoms with Gasteiger partial charge in [0.25, 0.3) is 5.91 Å². The van der Waals surface area contributed by atoms with Gasteiger partial charge in [-0.1, -0.05) is 19.1 Å². The van der Waals surface area contributed by atoms with Gasteiger partial charge in [-0.05, 0) is 30.7 Å². The molecule has 5 nitrogen and oxygen atoms in total. The molecule has 2 aromatic rings. The maximum Gasteiger partial charge on any atom is 0.323 e. The lowest BCUT2D eigenvalue weighted by Gasteiger charge is -2.21. The number of nitrogens with two attached hydrogens (primary N) is 1. The average molecular weight is 304 g/mol. The predicted octanol–water partition coefficient (Wildman–Crippen LogP) is 2.62. The summed E-state index contributed by atoms with van der Waals surface area (Å²) in [4.78, 5) is 26.4. The highest BCUT2D eigenvalue weighted by Crippen LogP contribution is 2.26. The number of benzene rings is 1. The van der Waals surface area contributed by atoms with Crippen LogP contribution in [0.3, 0.4) is 0 Å². The normalized spacial score (nSPS) is 10.3. The molecule has 2 rings (SSSR count). The van der Waals surface area contributed by atoms with E-state index in [2.05, 4.69) is 0 Å². The number of hydrogen-bond donors (Lipinski definition) is 2. The van der Waals surface area contributed by atoms with Gasteiger partial charge in [0, 0.05) is 4.88 Å². The van der Waals surface area contributed by atoms with Crippen LogP contribution in [0.5, 0.6) is 0 Å². The SMILES string of the molecule is CCc1ccc(C(=O)N(CC(=O)O)c2ccccc2N)s1. The van der Waals surface area contributed by atoms with Crippen LogP contribution in [0.1, 0.15) is 21.5 Å². The summed E-state index contributed by atoms with van der Waals surface area (Å²) in [6.07, 6.45) is 0.838. The van der Waals surface area contributed by atoms with E-state index in [1.807, 2.05) is 13.0 Å². The molecule has 0 radical (unpaired) electrons. The summed E-state index contributed by atoms with van der Waals surface area (Å²) in [5.41, 5.74) is 6.65. The standard InChI is InChI=1S/C15H16N2O3S/c1-2-10-7-8-13(21-10)15(20)17(9-14(18)19)12-6-4-3-5-11(12)16/h3-8H,2,9,16H2,1H3,(H,18,19). The number of thiophene rings is 1. The Morgan fingerprint density at radius 2 is 1.95 bits per heavy atom. The number of amides is 1. The van der Waals surface area contributed by atoms with Gasteiger partial charge in [-0.3, -0.25) is 14.5 Å². The number of carboxylic acids is 1. The lowest BCUT2D eigenvalue weighted by molar-refractivity contribution is -0.135. The van der Waals surface area contributed by atoms with E-state index < -0.39 is 12.5 Å². The zero-order valence-corrected chi connectivity index (χ0v) is 12.4. The van der Waals surface area contributed by atoms with Gasteiger partial charge in [0.15, 0.2) is 0 Å². The van der Waals surface area contributed by atoms with Crippen LogP contribution in [0.25, 0.3) is 0 Å². The third-order valence-electron chi connectivity index (χ3n) is 2.99. The van der Waals surface area contributed by atoms with Crippen LogP contribution in [0.2, 0.25) is 0 Å². The van der Waals surface area contributed by atoms with Crippen molar-refractivity contribution in [3.8, 4) is 0 Å². The number of aliphatic carboxylic acids is 1. The molecule has 1 heterocycles. The van der Waals surface area contributed by atoms with Gasteiger partial charge < -0.3 is 10.8 Å². The van der Waals surface area contributed by atoms with E-state index in [9.17, 15) is 9.59 Å². The molecule has 0 unspecified atom stereocenters. The van der Waals surface area contributed by atoms with Crippen LogP contribution >= 0.6 is 11.3 Å². The van der Waals surface area contributed by atoms with Gasteiger partial charge in [0.2, 0.25) is 0 Å². The number of nitrogens with zero attached hydrogens (tertiary/aromatic N) is 1. The van der Waals surface area contributed by atoms with Crippen molar-refractivity contribution < 1.29 is 14.7 Å². The molecule has 0 saturated carbocycles. The van der Waals surface area contributed by atoms with E-state index in [-0.39, 0.29) is 5.91 Å². The van der Waals surface area contributed by atoms with Gasteiger partial charge in [-0.15, -0.1) is 11.3 Å². The zero-order chi connectivity index (χ0) is 15.4. The monoisotopic (exact) mass is 304 g/mol. The number of carbonyl (C=O) groups is 2. The van der Waals surface area contributed by atoms with Gasteiger partial charge in [0.1, 0.15) is 6.54 Å². The molecule has 0 fully saturated rings. The Hall–Kier alpha value is -2.34. The predicted molar refractivity (Wildman–Crippen MR) is 83.9 cm³/mol. The van der Waals surface area contributed by atoms with E-state index >= 15 is 0 Å². The van der Waals surface area contributed by atoms with E-state index in [1.165, 1.54) is 16.2 Å². The molecule has 1 aromatic heterocycles. The van der Waals surface area contributed by atoms with Crippen LogP contribution < -0.4 is 10.6 Å². The van der Waals surface area contributed by atoms with Crippen molar-refractivity contribution in [3.63, 3.8) is 0 Å². The van der Waals surface area contributed by atoms with Crippen LogP contribution in [0.4, 0.5) is 11.4 Å². The second kappa shape index (κ2) is 6.41. The van der Waals surface area contributed by atoms with Crippen molar-refractivity contribution in [2.24, 2.45) is 0 Å². The molecule has 3 N–H and O–H groups in total. The summed E-state index contributed by atoms with van der Waals surface area (Å²) in [5.74, 6) is -1.43. The smallest absolute Gasteiger partial charge is 0.323 e. The van der Waals surface area contributed by atoms with Crippen LogP contribution in [0, 0.1) is 0 Å². The van der Waals surface area contributed by atoms with Crippen molar-refractivity contribution in [3.05, 3.63) is 46.2 Å². The Bertz CT molecular complexity index is 666. The Morgan fingerprint density at radius 1 is 1.24 bits per heavy atom. The number of carboxylic acid groups (broad SMARTS) is 1. The highest BCUT2D eigenvalue weighted by atomic mass is 32.1. The molecule has 1 amide bonds. The second-order valence-electron chi connectivity index (χ2n) is 4.46. The van der Waals surface area contributed by atoms with E-state index in [4.69, 9.17) is 10.8 Å². The fourth-order valence-electron chi connectivity index (χ4n) is 1.95.